The first kappa shape index (κ1) is 26.2. The number of ether oxygens (including phenoxy) is 2. The number of likely N-dealkylation sites (tertiary alicyclic amines) is 2. The van der Waals surface area contributed by atoms with E-state index in [1.807, 2.05) is 28.3 Å². The van der Waals surface area contributed by atoms with Gasteiger partial charge >= 0.3 is 12.4 Å². The molecule has 210 valence electrons. The van der Waals surface area contributed by atoms with Gasteiger partial charge in [-0.2, -0.15) is 0 Å². The van der Waals surface area contributed by atoms with E-state index in [1.165, 1.54) is 29.8 Å². The predicted octanol–water partition coefficient (Wildman–Crippen LogP) is 6.10. The molecule has 2 aliphatic heterocycles. The van der Waals surface area contributed by atoms with Gasteiger partial charge in [0.1, 0.15) is 11.5 Å². The molecule has 11 heteroatoms. The summed E-state index contributed by atoms with van der Waals surface area (Å²) in [5, 5.41) is 2.21. The Bertz CT molecular complexity index is 1480. The van der Waals surface area contributed by atoms with Crippen molar-refractivity contribution in [3.05, 3.63) is 60.6 Å². The monoisotopic (exact) mass is 553 g/mol. The van der Waals surface area contributed by atoms with Crippen molar-refractivity contribution < 1.29 is 27.4 Å². The number of carbonyl (C=O) groups excluding carboxylic acids is 1. The number of fused-ring (bicyclic) bond motifs is 3. The molecule has 6 rings (SSSR count). The minimum Gasteiger partial charge on any atom is -0.493 e. The van der Waals surface area contributed by atoms with E-state index >= 15 is 0 Å². The number of aromatic nitrogens is 3. The largest absolute Gasteiger partial charge is 0.573 e. The second-order valence-corrected chi connectivity index (χ2v) is 10.5. The van der Waals surface area contributed by atoms with Crippen LogP contribution >= 0.6 is 0 Å². The molecule has 2 aliphatic rings. The van der Waals surface area contributed by atoms with Gasteiger partial charge in [-0.25, -0.2) is 14.8 Å². The fourth-order valence-corrected chi connectivity index (χ4v) is 5.93. The smallest absolute Gasteiger partial charge is 0.493 e. The van der Waals surface area contributed by atoms with E-state index in [0.29, 0.717) is 44.5 Å². The van der Waals surface area contributed by atoms with Crippen molar-refractivity contribution in [2.75, 3.05) is 32.8 Å². The molecule has 2 fully saturated rings. The molecule has 1 N–H and O–H groups in total. The normalized spacial score (nSPS) is 18.8. The standard InChI is InChI=1S/C29H30F3N5O3/c30-29(31,32)40-22-5-3-21(4-6-22)39-18-19-2-1-13-37(17-19)28(38)36-14-9-20(10-15-36)23-7-11-33-25-16-35-27-24(26(23)25)8-12-34-27/h3-8,11-12,16,19-20,33H,1-2,9-10,13-15,17-18H2. The van der Waals surface area contributed by atoms with E-state index in [-0.39, 0.29) is 17.7 Å². The number of nitrogens with zero attached hydrogens (tertiary/aromatic N) is 4. The highest BCUT2D eigenvalue weighted by atomic mass is 19.4. The van der Waals surface area contributed by atoms with Crippen LogP contribution in [0.15, 0.2) is 55.0 Å². The Morgan fingerprint density at radius 3 is 2.52 bits per heavy atom. The van der Waals surface area contributed by atoms with Crippen molar-refractivity contribution in [3.8, 4) is 11.5 Å². The molecule has 3 aromatic heterocycles. The Morgan fingerprint density at radius 2 is 1.75 bits per heavy atom. The number of urea groups is 1. The number of halogens is 3. The van der Waals surface area contributed by atoms with Crippen molar-refractivity contribution in [3.63, 3.8) is 0 Å². The molecule has 4 aromatic rings. The summed E-state index contributed by atoms with van der Waals surface area (Å²) in [6.07, 6.45) is 4.44. The fraction of sp³-hybridized carbons (Fsp3) is 0.414. The van der Waals surface area contributed by atoms with Gasteiger partial charge in [0.25, 0.3) is 0 Å². The van der Waals surface area contributed by atoms with Crippen LogP contribution in [-0.4, -0.2) is 69.9 Å². The van der Waals surface area contributed by atoms with Crippen LogP contribution in [0.2, 0.25) is 0 Å². The lowest BCUT2D eigenvalue weighted by Crippen LogP contribution is -2.50. The van der Waals surface area contributed by atoms with E-state index in [1.54, 1.807) is 6.20 Å². The van der Waals surface area contributed by atoms with Crippen molar-refractivity contribution >= 4 is 28.0 Å². The second-order valence-electron chi connectivity index (χ2n) is 10.5. The maximum atomic E-state index is 13.4. The molecule has 1 aromatic carbocycles. The van der Waals surface area contributed by atoms with Crippen molar-refractivity contribution in [2.45, 2.75) is 38.0 Å². The molecule has 0 saturated carbocycles. The summed E-state index contributed by atoms with van der Waals surface area (Å²) in [6.45, 7) is 3.10. The molecule has 1 atom stereocenters. The maximum Gasteiger partial charge on any atom is 0.573 e. The fourth-order valence-electron chi connectivity index (χ4n) is 5.93. The number of piperidine rings is 2. The molecule has 0 spiro atoms. The zero-order chi connectivity index (χ0) is 27.7. The number of benzene rings is 1. The average molecular weight is 554 g/mol. The lowest BCUT2D eigenvalue weighted by Gasteiger charge is -2.39. The van der Waals surface area contributed by atoms with Gasteiger partial charge in [0.05, 0.1) is 18.3 Å². The molecule has 2 saturated heterocycles. The average Bonchev–Trinajstić information content (AvgIpc) is 3.45. The summed E-state index contributed by atoms with van der Waals surface area (Å²) in [4.78, 5) is 29.4. The van der Waals surface area contributed by atoms with E-state index in [9.17, 15) is 18.0 Å². The van der Waals surface area contributed by atoms with Crippen LogP contribution < -0.4 is 9.47 Å². The lowest BCUT2D eigenvalue weighted by atomic mass is 9.87. The summed E-state index contributed by atoms with van der Waals surface area (Å²) in [6, 6.07) is 9.60. The highest BCUT2D eigenvalue weighted by Crippen LogP contribution is 2.36. The van der Waals surface area contributed by atoms with Crippen LogP contribution in [0.25, 0.3) is 21.9 Å². The Labute approximate surface area is 229 Å². The molecule has 40 heavy (non-hydrogen) atoms. The quantitative estimate of drug-likeness (QED) is 0.323. The van der Waals surface area contributed by atoms with Gasteiger partial charge in [0.2, 0.25) is 0 Å². The van der Waals surface area contributed by atoms with Gasteiger partial charge in [0.15, 0.2) is 5.65 Å². The molecule has 0 radical (unpaired) electrons. The zero-order valence-electron chi connectivity index (χ0n) is 21.9. The Kier molecular flexibility index (Phi) is 7.12. The summed E-state index contributed by atoms with van der Waals surface area (Å²) in [5.41, 5.74) is 3.01. The summed E-state index contributed by atoms with van der Waals surface area (Å²) >= 11 is 0. The number of nitrogens with one attached hydrogen (secondary N) is 1. The molecular formula is C29H30F3N5O3. The van der Waals surface area contributed by atoms with E-state index in [4.69, 9.17) is 4.74 Å². The number of carbonyl (C=O) groups is 1. The van der Waals surface area contributed by atoms with E-state index in [2.05, 4.69) is 25.8 Å². The summed E-state index contributed by atoms with van der Waals surface area (Å²) in [5.74, 6) is 0.682. The van der Waals surface area contributed by atoms with Crippen LogP contribution in [0.1, 0.15) is 37.2 Å². The first-order valence-electron chi connectivity index (χ1n) is 13.6. The number of amides is 2. The molecule has 5 heterocycles. The first-order chi connectivity index (χ1) is 19.3. The molecule has 0 aliphatic carbocycles. The minimum absolute atomic E-state index is 0.0647. The Morgan fingerprint density at radius 1 is 0.975 bits per heavy atom. The van der Waals surface area contributed by atoms with Gasteiger partial charge in [0, 0.05) is 55.3 Å². The highest BCUT2D eigenvalue weighted by molar-refractivity contribution is 6.05. The number of H-pyrrole nitrogens is 1. The Hall–Kier alpha value is -4.02. The number of hydrogen-bond donors (Lipinski definition) is 1. The van der Waals surface area contributed by atoms with Crippen molar-refractivity contribution in [1.29, 1.82) is 0 Å². The molecule has 0 bridgehead atoms. The zero-order valence-corrected chi connectivity index (χ0v) is 21.9. The number of aromatic amines is 1. The molecular weight excluding hydrogens is 523 g/mol. The molecule has 2 amide bonds. The number of rotatable bonds is 5. The van der Waals surface area contributed by atoms with Crippen molar-refractivity contribution in [2.24, 2.45) is 5.92 Å². The predicted molar refractivity (Wildman–Crippen MR) is 143 cm³/mol. The third-order valence-electron chi connectivity index (χ3n) is 7.86. The van der Waals surface area contributed by atoms with Crippen LogP contribution in [0.3, 0.4) is 0 Å². The molecule has 8 nitrogen and oxygen atoms in total. The third-order valence-corrected chi connectivity index (χ3v) is 7.86. The number of hydrogen-bond acceptors (Lipinski definition) is 5. The summed E-state index contributed by atoms with van der Waals surface area (Å²) < 4.78 is 46.8. The van der Waals surface area contributed by atoms with E-state index < -0.39 is 6.36 Å². The van der Waals surface area contributed by atoms with Gasteiger partial charge in [-0.1, -0.05) is 0 Å². The van der Waals surface area contributed by atoms with Crippen LogP contribution in [0, 0.1) is 5.92 Å². The highest BCUT2D eigenvalue weighted by Gasteiger charge is 2.32. The van der Waals surface area contributed by atoms with Crippen LogP contribution in [0.5, 0.6) is 11.5 Å². The minimum atomic E-state index is -4.73. The van der Waals surface area contributed by atoms with Crippen LogP contribution in [0.4, 0.5) is 18.0 Å². The van der Waals surface area contributed by atoms with Gasteiger partial charge in [-0.15, -0.1) is 13.2 Å². The number of pyridine rings is 2. The van der Waals surface area contributed by atoms with Gasteiger partial charge in [-0.05, 0) is 73.6 Å². The maximum absolute atomic E-state index is 13.4. The first-order valence-corrected chi connectivity index (χ1v) is 13.6. The third kappa shape index (κ3) is 5.64. The summed E-state index contributed by atoms with van der Waals surface area (Å²) in [7, 11) is 0. The topological polar surface area (TPSA) is 83.6 Å². The SMILES string of the molecule is O=C(N1CCC(c2cc[nH]c3cnc4nccc4c23)CC1)N1CCCC(COc2ccc(OC(F)(F)F)cc2)C1. The van der Waals surface area contributed by atoms with Gasteiger partial charge < -0.3 is 24.3 Å². The van der Waals surface area contributed by atoms with E-state index in [0.717, 1.165) is 47.6 Å². The van der Waals surface area contributed by atoms with Crippen molar-refractivity contribution in [1.82, 2.24) is 24.8 Å². The molecule has 1 unspecified atom stereocenters. The van der Waals surface area contributed by atoms with Gasteiger partial charge in [-0.3, -0.25) is 0 Å². The van der Waals surface area contributed by atoms with Crippen LogP contribution in [-0.2, 0) is 0 Å². The Balaban J connectivity index is 1.03. The second kappa shape index (κ2) is 10.9. The lowest BCUT2D eigenvalue weighted by molar-refractivity contribution is -0.274. The number of alkyl halides is 3.